The lowest BCUT2D eigenvalue weighted by Crippen LogP contribution is -2.52. The van der Waals surface area contributed by atoms with Crippen molar-refractivity contribution in [2.24, 2.45) is 0 Å². The molecule has 3 saturated heterocycles. The predicted molar refractivity (Wildman–Crippen MR) is 141 cm³/mol. The molecule has 1 amide bonds. The molecule has 0 aromatic carbocycles. The Morgan fingerprint density at radius 2 is 1.94 bits per heavy atom. The van der Waals surface area contributed by atoms with Gasteiger partial charge in [0, 0.05) is 42.0 Å². The zero-order chi connectivity index (χ0) is 24.5. The van der Waals surface area contributed by atoms with Crippen LogP contribution in [0.2, 0.25) is 0 Å². The minimum absolute atomic E-state index is 0.0274. The fourth-order valence-electron chi connectivity index (χ4n) is 6.08. The van der Waals surface area contributed by atoms with Crippen molar-refractivity contribution in [3.8, 4) is 0 Å². The molecule has 9 nitrogen and oxygen atoms in total. The lowest BCUT2D eigenvalue weighted by atomic mass is 9.96. The molecule has 6 heterocycles. The number of aliphatic hydroxyl groups excluding tert-OH is 1. The van der Waals surface area contributed by atoms with Crippen LogP contribution in [-0.4, -0.2) is 73.5 Å². The molecule has 0 radical (unpaired) electrons. The number of nitrogens with zero attached hydrogens (tertiary/aromatic N) is 5. The van der Waals surface area contributed by atoms with E-state index in [1.54, 1.807) is 12.4 Å². The number of likely N-dealkylation sites (tertiary alicyclic amines) is 1. The number of rotatable bonds is 7. The number of thiazole rings is 1. The lowest BCUT2D eigenvalue weighted by Gasteiger charge is -2.40. The lowest BCUT2D eigenvalue weighted by molar-refractivity contribution is -0.137. The number of pyridine rings is 2. The number of amides is 1. The van der Waals surface area contributed by atoms with Crippen molar-refractivity contribution in [3.05, 3.63) is 35.5 Å². The van der Waals surface area contributed by atoms with Crippen molar-refractivity contribution in [2.75, 3.05) is 30.3 Å². The number of fused-ring (bicyclic) bond motifs is 3. The van der Waals surface area contributed by atoms with Crippen LogP contribution < -0.4 is 10.6 Å². The normalized spacial score (nSPS) is 24.2. The summed E-state index contributed by atoms with van der Waals surface area (Å²) < 4.78 is 0. The number of nitrogens with one attached hydrogen (secondary N) is 2. The van der Waals surface area contributed by atoms with Gasteiger partial charge in [-0.05, 0) is 63.7 Å². The average molecular weight is 508 g/mol. The number of anilines is 3. The Kier molecular flexibility index (Phi) is 6.73. The van der Waals surface area contributed by atoms with Crippen LogP contribution in [0.3, 0.4) is 0 Å². The average Bonchev–Trinajstić information content (AvgIpc) is 3.46. The third kappa shape index (κ3) is 4.89. The van der Waals surface area contributed by atoms with Gasteiger partial charge in [-0.25, -0.2) is 9.97 Å². The van der Waals surface area contributed by atoms with E-state index in [1.165, 1.54) is 30.6 Å². The highest BCUT2D eigenvalue weighted by molar-refractivity contribution is 7.15. The van der Waals surface area contributed by atoms with Gasteiger partial charge in [0.2, 0.25) is 5.91 Å². The van der Waals surface area contributed by atoms with Crippen LogP contribution >= 0.6 is 11.3 Å². The third-order valence-corrected chi connectivity index (χ3v) is 8.61. The number of hydrogen-bond donors (Lipinski definition) is 3. The standard InChI is InChI=1S/C26H33N7O2S/c34-16-20-14-28-26(36-20)31-23-13-22-21(5-4-8-27-22)25(30-23)29-17-11-18-6-7-19(12-17)33(18)24(35)15-32-9-2-1-3-10-32/h4-5,8,13-14,17-19,34H,1-3,6-7,9-12,15-16H2,(H2,28,29,30,31). The SMILES string of the molecule is O=C(CN1CCCCC1)N1C2CCC1CC(Nc1nc(Nc3ncc(CO)s3)cc3ncccc13)C2. The van der Waals surface area contributed by atoms with Crippen molar-refractivity contribution in [2.45, 2.75) is 69.7 Å². The van der Waals surface area contributed by atoms with Crippen LogP contribution in [0, 0.1) is 0 Å². The summed E-state index contributed by atoms with van der Waals surface area (Å²) >= 11 is 1.40. The summed E-state index contributed by atoms with van der Waals surface area (Å²) in [6.07, 6.45) is 11.2. The summed E-state index contributed by atoms with van der Waals surface area (Å²) in [7, 11) is 0. The predicted octanol–water partition coefficient (Wildman–Crippen LogP) is 3.74. The highest BCUT2D eigenvalue weighted by Crippen LogP contribution is 2.38. The van der Waals surface area contributed by atoms with E-state index in [0.717, 1.165) is 60.4 Å². The van der Waals surface area contributed by atoms with Crippen LogP contribution in [0.5, 0.6) is 0 Å². The highest BCUT2D eigenvalue weighted by Gasteiger charge is 2.43. The first-order valence-corrected chi connectivity index (χ1v) is 13.9. The number of carbonyl (C=O) groups is 1. The molecule has 6 rings (SSSR count). The Morgan fingerprint density at radius 3 is 2.69 bits per heavy atom. The molecule has 3 fully saturated rings. The zero-order valence-electron chi connectivity index (χ0n) is 20.4. The second kappa shape index (κ2) is 10.3. The molecule has 190 valence electrons. The van der Waals surface area contributed by atoms with Crippen LogP contribution in [0.15, 0.2) is 30.6 Å². The maximum atomic E-state index is 13.2. The molecule has 2 unspecified atom stereocenters. The van der Waals surface area contributed by atoms with E-state index >= 15 is 0 Å². The van der Waals surface area contributed by atoms with Gasteiger partial charge in [-0.15, -0.1) is 0 Å². The molecular formula is C26H33N7O2S. The number of aromatic nitrogens is 3. The van der Waals surface area contributed by atoms with Crippen molar-refractivity contribution in [1.29, 1.82) is 0 Å². The maximum Gasteiger partial charge on any atom is 0.237 e. The first kappa shape index (κ1) is 23.6. The van der Waals surface area contributed by atoms with Gasteiger partial charge in [-0.3, -0.25) is 14.7 Å². The molecule has 3 aromatic rings. The molecule has 10 heteroatoms. The van der Waals surface area contributed by atoms with Gasteiger partial charge < -0.3 is 20.6 Å². The fraction of sp³-hybridized carbons (Fsp3) is 0.538. The summed E-state index contributed by atoms with van der Waals surface area (Å²) in [5.74, 6) is 1.78. The quantitative estimate of drug-likeness (QED) is 0.444. The molecule has 2 atom stereocenters. The number of hydrogen-bond acceptors (Lipinski definition) is 9. The van der Waals surface area contributed by atoms with E-state index in [9.17, 15) is 9.90 Å². The van der Waals surface area contributed by atoms with E-state index in [4.69, 9.17) is 4.98 Å². The van der Waals surface area contributed by atoms with E-state index in [2.05, 4.69) is 30.4 Å². The Labute approximate surface area is 215 Å². The van der Waals surface area contributed by atoms with Crippen molar-refractivity contribution in [1.82, 2.24) is 24.8 Å². The van der Waals surface area contributed by atoms with Gasteiger partial charge in [0.25, 0.3) is 0 Å². The van der Waals surface area contributed by atoms with Crippen molar-refractivity contribution < 1.29 is 9.90 Å². The molecular weight excluding hydrogens is 474 g/mol. The van der Waals surface area contributed by atoms with Gasteiger partial charge >= 0.3 is 0 Å². The minimum atomic E-state index is -0.0274. The van der Waals surface area contributed by atoms with E-state index < -0.39 is 0 Å². The molecule has 36 heavy (non-hydrogen) atoms. The van der Waals surface area contributed by atoms with Crippen LogP contribution in [0.25, 0.3) is 10.9 Å². The monoisotopic (exact) mass is 507 g/mol. The molecule has 2 bridgehead atoms. The minimum Gasteiger partial charge on any atom is -0.391 e. The Morgan fingerprint density at radius 1 is 1.14 bits per heavy atom. The van der Waals surface area contributed by atoms with Crippen LogP contribution in [-0.2, 0) is 11.4 Å². The molecule has 0 saturated carbocycles. The van der Waals surface area contributed by atoms with E-state index in [0.29, 0.717) is 35.5 Å². The van der Waals surface area contributed by atoms with Gasteiger partial charge in [0.15, 0.2) is 5.13 Å². The van der Waals surface area contributed by atoms with Gasteiger partial charge in [-0.2, -0.15) is 0 Å². The topological polar surface area (TPSA) is 107 Å². The zero-order valence-corrected chi connectivity index (χ0v) is 21.2. The molecule has 3 aromatic heterocycles. The summed E-state index contributed by atoms with van der Waals surface area (Å²) in [5, 5.41) is 18.0. The number of aliphatic hydroxyl groups is 1. The number of piperidine rings is 2. The second-order valence-electron chi connectivity index (χ2n) is 10.2. The van der Waals surface area contributed by atoms with Gasteiger partial charge in [0.1, 0.15) is 11.6 Å². The maximum absolute atomic E-state index is 13.2. The third-order valence-electron chi connectivity index (χ3n) is 7.71. The summed E-state index contributed by atoms with van der Waals surface area (Å²) in [4.78, 5) is 32.3. The first-order valence-electron chi connectivity index (χ1n) is 13.0. The Balaban J connectivity index is 1.17. The van der Waals surface area contributed by atoms with Gasteiger partial charge in [0.05, 0.1) is 23.5 Å². The van der Waals surface area contributed by atoms with Crippen LogP contribution in [0.4, 0.5) is 16.8 Å². The highest BCUT2D eigenvalue weighted by atomic mass is 32.1. The Bertz CT molecular complexity index is 1210. The first-order chi connectivity index (χ1) is 17.7. The molecule has 0 spiro atoms. The molecule has 0 aliphatic carbocycles. The van der Waals surface area contributed by atoms with Crippen molar-refractivity contribution in [3.63, 3.8) is 0 Å². The van der Waals surface area contributed by atoms with Crippen LogP contribution in [0.1, 0.15) is 49.8 Å². The number of carbonyl (C=O) groups excluding carboxylic acids is 1. The van der Waals surface area contributed by atoms with Gasteiger partial charge in [-0.1, -0.05) is 17.8 Å². The summed E-state index contributed by atoms with van der Waals surface area (Å²) in [5.41, 5.74) is 0.855. The largest absolute Gasteiger partial charge is 0.391 e. The summed E-state index contributed by atoms with van der Waals surface area (Å²) in [6.45, 7) is 2.66. The molecule has 3 aliphatic rings. The fourth-order valence-corrected chi connectivity index (χ4v) is 6.76. The molecule has 3 N–H and O–H groups in total. The van der Waals surface area contributed by atoms with E-state index in [-0.39, 0.29) is 12.6 Å². The summed E-state index contributed by atoms with van der Waals surface area (Å²) in [6, 6.07) is 6.76. The smallest absolute Gasteiger partial charge is 0.237 e. The van der Waals surface area contributed by atoms with E-state index in [1.807, 2.05) is 18.2 Å². The Hall–Kier alpha value is -2.82. The second-order valence-corrected chi connectivity index (χ2v) is 11.3. The van der Waals surface area contributed by atoms with Crippen molar-refractivity contribution >= 4 is 44.9 Å². The molecule has 3 aliphatic heterocycles.